The molecule has 0 heterocycles. The van der Waals surface area contributed by atoms with Gasteiger partial charge in [0.1, 0.15) is 5.57 Å². The van der Waals surface area contributed by atoms with Crippen molar-refractivity contribution in [1.29, 1.82) is 0 Å². The third kappa shape index (κ3) is 4.12. The quantitative estimate of drug-likeness (QED) is 0.237. The summed E-state index contributed by atoms with van der Waals surface area (Å²) < 4.78 is 261. The molecular formula is C13H4F20O2. The van der Waals surface area contributed by atoms with Gasteiger partial charge in [0.05, 0.1) is 0 Å². The summed E-state index contributed by atoms with van der Waals surface area (Å²) in [5.41, 5.74) is -3.16. The smallest absolute Gasteiger partial charge is 0.460 e. The summed E-state index contributed by atoms with van der Waals surface area (Å²) in [7, 11) is 0. The molecule has 0 aliphatic heterocycles. The minimum atomic E-state index is -9.09. The second-order valence-corrected chi connectivity index (χ2v) is 6.34. The van der Waals surface area contributed by atoms with Crippen molar-refractivity contribution < 1.29 is 97.7 Å². The van der Waals surface area contributed by atoms with E-state index in [1.165, 1.54) is 0 Å². The highest BCUT2D eigenvalue weighted by Crippen LogP contribution is 2.64. The van der Waals surface area contributed by atoms with Crippen LogP contribution < -0.4 is 0 Å². The Balaban J connectivity index is 6.97. The topological polar surface area (TPSA) is 37.3 Å². The van der Waals surface area contributed by atoms with E-state index in [4.69, 9.17) is 5.11 Å². The summed E-state index contributed by atoms with van der Waals surface area (Å²) in [6, 6.07) is 0. The Labute approximate surface area is 177 Å². The summed E-state index contributed by atoms with van der Waals surface area (Å²) in [6.07, 6.45) is -14.4. The van der Waals surface area contributed by atoms with Crippen LogP contribution in [0.1, 0.15) is 0 Å². The number of alkyl halides is 20. The average Bonchev–Trinajstić information content (AvgIpc) is 2.64. The molecule has 1 atom stereocenters. The van der Waals surface area contributed by atoms with Gasteiger partial charge in [0.25, 0.3) is 0 Å². The van der Waals surface area contributed by atoms with Crippen LogP contribution in [0.15, 0.2) is 12.2 Å². The van der Waals surface area contributed by atoms with Crippen molar-refractivity contribution in [1.82, 2.24) is 0 Å². The third-order valence-corrected chi connectivity index (χ3v) is 4.04. The fourth-order valence-corrected chi connectivity index (χ4v) is 1.86. The minimum absolute atomic E-state index is 1.66. The van der Waals surface area contributed by atoms with E-state index in [9.17, 15) is 92.6 Å². The van der Waals surface area contributed by atoms with Crippen LogP contribution in [0, 0.1) is 0 Å². The van der Waals surface area contributed by atoms with E-state index in [1.807, 2.05) is 0 Å². The lowest BCUT2D eigenvalue weighted by Crippen LogP contribution is -2.75. The lowest BCUT2D eigenvalue weighted by atomic mass is 9.86. The van der Waals surface area contributed by atoms with Crippen LogP contribution in [-0.2, 0) is 4.79 Å². The zero-order chi connectivity index (χ0) is 29.2. The molecule has 0 radical (unpaired) electrons. The molecule has 0 saturated heterocycles. The first-order valence-electron chi connectivity index (χ1n) is 7.42. The molecule has 0 aromatic heterocycles. The van der Waals surface area contributed by atoms with Gasteiger partial charge in [0.15, 0.2) is 0 Å². The van der Waals surface area contributed by atoms with Crippen molar-refractivity contribution >= 4 is 5.97 Å². The Hall–Kier alpha value is -2.19. The molecule has 1 unspecified atom stereocenters. The highest BCUT2D eigenvalue weighted by Gasteiger charge is 2.96. The van der Waals surface area contributed by atoms with Crippen molar-refractivity contribution in [3.8, 4) is 0 Å². The van der Waals surface area contributed by atoms with Gasteiger partial charge < -0.3 is 5.11 Å². The zero-order valence-electron chi connectivity index (χ0n) is 15.2. The summed E-state index contributed by atoms with van der Waals surface area (Å²) >= 11 is 0. The molecule has 0 fully saturated rings. The van der Waals surface area contributed by atoms with E-state index in [2.05, 4.69) is 0 Å². The van der Waals surface area contributed by atoms with E-state index in [1.54, 1.807) is 6.58 Å². The lowest BCUT2D eigenvalue weighted by Gasteiger charge is -2.43. The van der Waals surface area contributed by atoms with Crippen molar-refractivity contribution in [2.75, 3.05) is 0 Å². The fourth-order valence-electron chi connectivity index (χ4n) is 1.86. The maximum atomic E-state index is 13.5. The second kappa shape index (κ2) is 8.17. The number of rotatable bonds is 10. The molecule has 35 heavy (non-hydrogen) atoms. The molecular weight excluding hydrogens is 568 g/mol. The molecule has 0 amide bonds. The molecule has 0 aliphatic carbocycles. The Bertz CT molecular complexity index is 836. The number of hydrogen-bond donors (Lipinski definition) is 1. The number of carboxylic acid groups (broad SMARTS) is 1. The van der Waals surface area contributed by atoms with Gasteiger partial charge in [-0.25, -0.2) is 9.18 Å². The molecule has 0 aliphatic rings. The first kappa shape index (κ1) is 32.8. The maximum Gasteiger partial charge on any atom is 0.460 e. The largest absolute Gasteiger partial charge is 0.478 e. The first-order valence-corrected chi connectivity index (χ1v) is 7.42. The van der Waals surface area contributed by atoms with Crippen LogP contribution in [0.5, 0.6) is 0 Å². The molecule has 208 valence electrons. The van der Waals surface area contributed by atoms with Crippen LogP contribution in [0.25, 0.3) is 0 Å². The SMILES string of the molecule is C=C(C(=O)O)C(F)(F)C(F)C(F)(F)C(F)(F)C(F)(F)C(F)(F)C(F)(F)C(F)(F)C(F)(F)C(F)(F)F. The number of halogens is 20. The Kier molecular flexibility index (Phi) is 7.65. The molecule has 0 aromatic carbocycles. The van der Waals surface area contributed by atoms with Crippen LogP contribution in [-0.4, -0.2) is 70.8 Å². The second-order valence-electron chi connectivity index (χ2n) is 6.34. The van der Waals surface area contributed by atoms with E-state index in [0.717, 1.165) is 0 Å². The number of carboxylic acids is 1. The van der Waals surface area contributed by atoms with Crippen LogP contribution in [0.4, 0.5) is 87.8 Å². The summed E-state index contributed by atoms with van der Waals surface area (Å²) in [6.45, 7) is 1.66. The molecule has 0 saturated carbocycles. The van der Waals surface area contributed by atoms with Gasteiger partial charge in [0, 0.05) is 0 Å². The van der Waals surface area contributed by atoms with Gasteiger partial charge in [-0.3, -0.25) is 0 Å². The average molecular weight is 572 g/mol. The summed E-state index contributed by atoms with van der Waals surface area (Å²) in [5.74, 6) is -71.1. The van der Waals surface area contributed by atoms with Crippen LogP contribution in [0.3, 0.4) is 0 Å². The zero-order valence-corrected chi connectivity index (χ0v) is 15.2. The van der Waals surface area contributed by atoms with E-state index in [-0.39, 0.29) is 0 Å². The summed E-state index contributed by atoms with van der Waals surface area (Å²) in [5, 5.41) is 8.07. The van der Waals surface area contributed by atoms with Gasteiger partial charge in [0.2, 0.25) is 6.17 Å². The Morgan fingerprint density at radius 1 is 0.543 bits per heavy atom. The van der Waals surface area contributed by atoms with E-state index >= 15 is 0 Å². The number of aliphatic carboxylic acids is 1. The molecule has 2 nitrogen and oxygen atoms in total. The van der Waals surface area contributed by atoms with E-state index < -0.39 is 71.3 Å². The lowest BCUT2D eigenvalue weighted by molar-refractivity contribution is -0.464. The van der Waals surface area contributed by atoms with Crippen molar-refractivity contribution in [3.63, 3.8) is 0 Å². The van der Waals surface area contributed by atoms with E-state index in [0.29, 0.717) is 0 Å². The van der Waals surface area contributed by atoms with Crippen molar-refractivity contribution in [3.05, 3.63) is 12.2 Å². The molecule has 0 aromatic rings. The van der Waals surface area contributed by atoms with Gasteiger partial charge in [-0.1, -0.05) is 6.58 Å². The van der Waals surface area contributed by atoms with Gasteiger partial charge in [-0.2, -0.15) is 83.4 Å². The Morgan fingerprint density at radius 2 is 0.800 bits per heavy atom. The van der Waals surface area contributed by atoms with Crippen molar-refractivity contribution in [2.24, 2.45) is 0 Å². The minimum Gasteiger partial charge on any atom is -0.478 e. The first-order chi connectivity index (χ1) is 14.8. The standard InChI is InChI=1S/C13H4F20O2/c1-2(3(34)35)5(15,16)4(14)6(17,18)7(19,20)8(21,22)9(23,24)10(25,26)11(27,28)12(29,30)13(31,32)33/h4H,1H2,(H,34,35). The fraction of sp³-hybridized carbons (Fsp3) is 0.769. The normalized spacial score (nSPS) is 16.8. The van der Waals surface area contributed by atoms with Gasteiger partial charge in [-0.05, 0) is 0 Å². The molecule has 0 rings (SSSR count). The molecule has 1 N–H and O–H groups in total. The van der Waals surface area contributed by atoms with Gasteiger partial charge >= 0.3 is 59.5 Å². The van der Waals surface area contributed by atoms with Gasteiger partial charge in [-0.15, -0.1) is 0 Å². The molecule has 22 heteroatoms. The maximum absolute atomic E-state index is 13.5. The van der Waals surface area contributed by atoms with Crippen LogP contribution in [0.2, 0.25) is 0 Å². The molecule has 0 bridgehead atoms. The van der Waals surface area contributed by atoms with Crippen molar-refractivity contribution in [2.45, 2.75) is 59.7 Å². The van der Waals surface area contributed by atoms with Crippen LogP contribution >= 0.6 is 0 Å². The summed E-state index contributed by atoms with van der Waals surface area (Å²) in [4.78, 5) is 10.2. The number of carbonyl (C=O) groups is 1. The monoisotopic (exact) mass is 572 g/mol. The predicted octanol–water partition coefficient (Wildman–Crippen LogP) is 6.61. The Morgan fingerprint density at radius 3 is 1.06 bits per heavy atom. The highest BCUT2D eigenvalue weighted by molar-refractivity contribution is 5.87. The third-order valence-electron chi connectivity index (χ3n) is 4.04. The number of hydrogen-bond acceptors (Lipinski definition) is 1. The predicted molar refractivity (Wildman–Crippen MR) is 67.3 cm³/mol. The highest BCUT2D eigenvalue weighted by atomic mass is 19.4. The molecule has 0 spiro atoms.